The quantitative estimate of drug-likeness (QED) is 0.771. The molecule has 1 atom stereocenters. The molecule has 6 nitrogen and oxygen atoms in total. The number of esters is 1. The van der Waals surface area contributed by atoms with Gasteiger partial charge in [0, 0.05) is 24.3 Å². The van der Waals surface area contributed by atoms with Crippen molar-refractivity contribution in [2.45, 2.75) is 6.42 Å². The number of nitrogens with one attached hydrogen (secondary N) is 1. The first kappa shape index (κ1) is 19.8. The van der Waals surface area contributed by atoms with Gasteiger partial charge in [0.25, 0.3) is 5.91 Å². The van der Waals surface area contributed by atoms with Crippen LogP contribution in [0.3, 0.4) is 0 Å². The SMILES string of the molecule is O=C(COC(=O)[C@@H]1CC(=O)N(c2ccc(F)cc2)C1)Nc1ccc(F)c(Cl)c1. The molecule has 0 radical (unpaired) electrons. The van der Waals surface area contributed by atoms with Crippen LogP contribution in [-0.2, 0) is 19.1 Å². The van der Waals surface area contributed by atoms with Gasteiger partial charge in [0.1, 0.15) is 11.6 Å². The van der Waals surface area contributed by atoms with Gasteiger partial charge in [0.15, 0.2) is 6.61 Å². The third-order valence-corrected chi connectivity index (χ3v) is 4.44. The maximum atomic E-state index is 13.1. The lowest BCUT2D eigenvalue weighted by molar-refractivity contribution is -0.151. The van der Waals surface area contributed by atoms with Crippen LogP contribution in [0.25, 0.3) is 0 Å². The molecule has 0 aromatic heterocycles. The number of rotatable bonds is 5. The summed E-state index contributed by atoms with van der Waals surface area (Å²) in [6.07, 6.45) is -0.0641. The predicted molar refractivity (Wildman–Crippen MR) is 97.9 cm³/mol. The molecule has 1 fully saturated rings. The molecule has 1 aliphatic rings. The predicted octanol–water partition coefficient (Wildman–Crippen LogP) is 3.15. The Morgan fingerprint density at radius 2 is 1.89 bits per heavy atom. The Labute approximate surface area is 164 Å². The summed E-state index contributed by atoms with van der Waals surface area (Å²) in [4.78, 5) is 37.5. The van der Waals surface area contributed by atoms with Crippen LogP contribution in [-0.4, -0.2) is 30.9 Å². The second-order valence-electron chi connectivity index (χ2n) is 6.17. The highest BCUT2D eigenvalue weighted by atomic mass is 35.5. The molecule has 2 aromatic carbocycles. The molecule has 1 saturated heterocycles. The molecule has 9 heteroatoms. The Balaban J connectivity index is 1.52. The number of hydrogen-bond acceptors (Lipinski definition) is 4. The summed E-state index contributed by atoms with van der Waals surface area (Å²) >= 11 is 5.63. The van der Waals surface area contributed by atoms with Crippen LogP contribution < -0.4 is 10.2 Å². The summed E-state index contributed by atoms with van der Waals surface area (Å²) in [7, 11) is 0. The summed E-state index contributed by atoms with van der Waals surface area (Å²) in [5, 5.41) is 2.27. The summed E-state index contributed by atoms with van der Waals surface area (Å²) in [5.74, 6) is -3.40. The molecule has 0 saturated carbocycles. The van der Waals surface area contributed by atoms with E-state index in [0.29, 0.717) is 5.69 Å². The molecule has 1 heterocycles. The molecule has 0 unspecified atom stereocenters. The van der Waals surface area contributed by atoms with Crippen LogP contribution in [0.15, 0.2) is 42.5 Å². The lowest BCUT2D eigenvalue weighted by Crippen LogP contribution is -2.28. The smallest absolute Gasteiger partial charge is 0.311 e. The fraction of sp³-hybridized carbons (Fsp3) is 0.211. The number of halogens is 3. The van der Waals surface area contributed by atoms with Crippen molar-refractivity contribution < 1.29 is 27.9 Å². The number of hydrogen-bond donors (Lipinski definition) is 1. The van der Waals surface area contributed by atoms with Gasteiger partial charge in [-0.2, -0.15) is 0 Å². The molecular formula is C19H15ClF2N2O4. The van der Waals surface area contributed by atoms with Crippen LogP contribution in [0.4, 0.5) is 20.2 Å². The largest absolute Gasteiger partial charge is 0.455 e. The van der Waals surface area contributed by atoms with Crippen molar-refractivity contribution in [2.75, 3.05) is 23.4 Å². The van der Waals surface area contributed by atoms with Crippen LogP contribution in [0.2, 0.25) is 5.02 Å². The van der Waals surface area contributed by atoms with E-state index in [0.717, 1.165) is 6.07 Å². The maximum absolute atomic E-state index is 13.1. The highest BCUT2D eigenvalue weighted by Crippen LogP contribution is 2.26. The van der Waals surface area contributed by atoms with Gasteiger partial charge in [-0.05, 0) is 42.5 Å². The van der Waals surface area contributed by atoms with Crippen molar-refractivity contribution >= 4 is 40.8 Å². The lowest BCUT2D eigenvalue weighted by atomic mass is 10.1. The van der Waals surface area contributed by atoms with Crippen molar-refractivity contribution in [3.8, 4) is 0 Å². The van der Waals surface area contributed by atoms with E-state index in [1.165, 1.54) is 41.3 Å². The van der Waals surface area contributed by atoms with E-state index < -0.39 is 36.0 Å². The zero-order valence-electron chi connectivity index (χ0n) is 14.5. The van der Waals surface area contributed by atoms with Crippen LogP contribution >= 0.6 is 11.6 Å². The highest BCUT2D eigenvalue weighted by Gasteiger charge is 2.36. The molecular weight excluding hydrogens is 394 g/mol. The second kappa shape index (κ2) is 8.35. The number of amides is 2. The van der Waals surface area contributed by atoms with Crippen molar-refractivity contribution in [3.63, 3.8) is 0 Å². The molecule has 0 bridgehead atoms. The van der Waals surface area contributed by atoms with Gasteiger partial charge in [0.05, 0.1) is 10.9 Å². The Morgan fingerprint density at radius 1 is 1.18 bits per heavy atom. The molecule has 1 aliphatic heterocycles. The normalized spacial score (nSPS) is 16.2. The zero-order chi connectivity index (χ0) is 20.3. The Hall–Kier alpha value is -3.00. The molecule has 0 aliphatic carbocycles. The lowest BCUT2D eigenvalue weighted by Gasteiger charge is -2.16. The Kier molecular flexibility index (Phi) is 5.89. The number of carbonyl (C=O) groups is 3. The fourth-order valence-electron chi connectivity index (χ4n) is 2.76. The van der Waals surface area contributed by atoms with E-state index in [1.807, 2.05) is 0 Å². The number of benzene rings is 2. The third-order valence-electron chi connectivity index (χ3n) is 4.15. The first-order valence-corrected chi connectivity index (χ1v) is 8.69. The first-order chi connectivity index (χ1) is 13.3. The second-order valence-corrected chi connectivity index (χ2v) is 6.57. The minimum atomic E-state index is -0.731. The standard InChI is InChI=1S/C19H15ClF2N2O4/c20-15-8-13(3-6-16(15)22)23-17(25)10-28-19(27)11-7-18(26)24(9-11)14-4-1-12(21)2-5-14/h1-6,8,11H,7,9-10H2,(H,23,25)/t11-/m1/s1. The van der Waals surface area contributed by atoms with Crippen molar-refractivity contribution in [3.05, 3.63) is 59.1 Å². The monoisotopic (exact) mass is 408 g/mol. The van der Waals surface area contributed by atoms with E-state index in [2.05, 4.69) is 5.32 Å². The average molecular weight is 409 g/mol. The topological polar surface area (TPSA) is 75.7 Å². The third kappa shape index (κ3) is 4.64. The van der Waals surface area contributed by atoms with Gasteiger partial charge in [-0.3, -0.25) is 14.4 Å². The molecule has 1 N–H and O–H groups in total. The van der Waals surface area contributed by atoms with Crippen LogP contribution in [0.5, 0.6) is 0 Å². The van der Waals surface area contributed by atoms with Gasteiger partial charge in [-0.25, -0.2) is 8.78 Å². The molecule has 146 valence electrons. The molecule has 0 spiro atoms. The van der Waals surface area contributed by atoms with Gasteiger partial charge in [-0.1, -0.05) is 11.6 Å². The molecule has 3 rings (SSSR count). The fourth-order valence-corrected chi connectivity index (χ4v) is 2.94. The molecule has 2 amide bonds. The maximum Gasteiger partial charge on any atom is 0.311 e. The zero-order valence-corrected chi connectivity index (χ0v) is 15.2. The van der Waals surface area contributed by atoms with Crippen LogP contribution in [0.1, 0.15) is 6.42 Å². The number of ether oxygens (including phenoxy) is 1. The summed E-state index contributed by atoms with van der Waals surface area (Å²) in [6.45, 7) is -0.479. The van der Waals surface area contributed by atoms with E-state index in [-0.39, 0.29) is 29.6 Å². The van der Waals surface area contributed by atoms with Gasteiger partial charge >= 0.3 is 5.97 Å². The van der Waals surface area contributed by atoms with E-state index in [4.69, 9.17) is 16.3 Å². The van der Waals surface area contributed by atoms with E-state index in [1.54, 1.807) is 0 Å². The average Bonchev–Trinajstić information content (AvgIpc) is 3.05. The van der Waals surface area contributed by atoms with Gasteiger partial charge in [-0.15, -0.1) is 0 Å². The number of carbonyl (C=O) groups excluding carboxylic acids is 3. The van der Waals surface area contributed by atoms with Crippen molar-refractivity contribution in [1.82, 2.24) is 0 Å². The van der Waals surface area contributed by atoms with Gasteiger partial charge in [0.2, 0.25) is 5.91 Å². The summed E-state index contributed by atoms with van der Waals surface area (Å²) in [6, 6.07) is 8.98. The molecule has 28 heavy (non-hydrogen) atoms. The van der Waals surface area contributed by atoms with Crippen molar-refractivity contribution in [2.24, 2.45) is 5.92 Å². The van der Waals surface area contributed by atoms with Gasteiger partial charge < -0.3 is 15.0 Å². The summed E-state index contributed by atoms with van der Waals surface area (Å²) < 4.78 is 31.1. The highest BCUT2D eigenvalue weighted by molar-refractivity contribution is 6.31. The minimum Gasteiger partial charge on any atom is -0.455 e. The number of anilines is 2. The van der Waals surface area contributed by atoms with Crippen LogP contribution in [0, 0.1) is 17.6 Å². The van der Waals surface area contributed by atoms with E-state index >= 15 is 0 Å². The number of nitrogens with zero attached hydrogens (tertiary/aromatic N) is 1. The summed E-state index contributed by atoms with van der Waals surface area (Å²) in [5.41, 5.74) is 0.735. The Bertz CT molecular complexity index is 921. The first-order valence-electron chi connectivity index (χ1n) is 8.31. The minimum absolute atomic E-state index is 0.0641. The molecule has 2 aromatic rings. The Morgan fingerprint density at radius 3 is 2.57 bits per heavy atom. The van der Waals surface area contributed by atoms with Crippen molar-refractivity contribution in [1.29, 1.82) is 0 Å². The van der Waals surface area contributed by atoms with E-state index in [9.17, 15) is 23.2 Å².